The van der Waals surface area contributed by atoms with Crippen molar-refractivity contribution in [1.82, 2.24) is 4.98 Å². The molecule has 0 saturated carbocycles. The van der Waals surface area contributed by atoms with Crippen LogP contribution >= 0.6 is 11.8 Å². The molecule has 0 bridgehead atoms. The van der Waals surface area contributed by atoms with Gasteiger partial charge in [-0.05, 0) is 73.5 Å². The van der Waals surface area contributed by atoms with Crippen molar-refractivity contribution in [2.24, 2.45) is 5.73 Å². The van der Waals surface area contributed by atoms with Gasteiger partial charge in [0, 0.05) is 11.1 Å². The van der Waals surface area contributed by atoms with Crippen LogP contribution in [0.15, 0.2) is 40.4 Å². The van der Waals surface area contributed by atoms with Crippen LogP contribution in [0.4, 0.5) is 0 Å². The minimum absolute atomic E-state index is 0.679. The van der Waals surface area contributed by atoms with Crippen molar-refractivity contribution >= 4 is 11.8 Å². The number of rotatable bonds is 4. The summed E-state index contributed by atoms with van der Waals surface area (Å²) in [5.74, 6) is 0. The van der Waals surface area contributed by atoms with Gasteiger partial charge in [0.15, 0.2) is 0 Å². The third kappa shape index (κ3) is 2.89. The smallest absolute Gasteiger partial charge is 0.104 e. The maximum atomic E-state index is 5.59. The number of aromatic nitrogens is 1. The van der Waals surface area contributed by atoms with Crippen LogP contribution in [0.25, 0.3) is 0 Å². The molecule has 3 heteroatoms. The Morgan fingerprint density at radius 1 is 1.20 bits per heavy atom. The number of nitrogens with two attached hydrogens (primary N) is 1. The monoisotopic (exact) mass is 284 g/mol. The molecular weight excluding hydrogens is 264 g/mol. The molecule has 2 nitrogen and oxygen atoms in total. The maximum absolute atomic E-state index is 5.59. The predicted octanol–water partition coefficient (Wildman–Crippen LogP) is 3.53. The van der Waals surface area contributed by atoms with Crippen LogP contribution in [0.2, 0.25) is 0 Å². The fourth-order valence-corrected chi connectivity index (χ4v) is 3.64. The molecule has 3 rings (SSSR count). The number of fused-ring (bicyclic) bond motifs is 1. The molecule has 0 unspecified atom stereocenters. The van der Waals surface area contributed by atoms with Crippen molar-refractivity contribution in [3.8, 4) is 0 Å². The highest BCUT2D eigenvalue weighted by Gasteiger charge is 2.12. The van der Waals surface area contributed by atoms with Crippen LogP contribution < -0.4 is 5.73 Å². The van der Waals surface area contributed by atoms with Gasteiger partial charge in [-0.1, -0.05) is 23.9 Å². The van der Waals surface area contributed by atoms with E-state index in [0.717, 1.165) is 11.4 Å². The third-order valence-electron chi connectivity index (χ3n) is 3.80. The molecule has 0 spiro atoms. The van der Waals surface area contributed by atoms with E-state index in [9.17, 15) is 0 Å². The molecule has 1 aromatic carbocycles. The van der Waals surface area contributed by atoms with Crippen molar-refractivity contribution in [1.29, 1.82) is 0 Å². The fraction of sp³-hybridized carbons (Fsp3) is 0.353. The first-order chi connectivity index (χ1) is 9.76. The second-order valence-electron chi connectivity index (χ2n) is 5.39. The van der Waals surface area contributed by atoms with E-state index in [1.807, 2.05) is 6.20 Å². The van der Waals surface area contributed by atoms with Crippen molar-refractivity contribution in [3.05, 3.63) is 52.7 Å². The van der Waals surface area contributed by atoms with Crippen LogP contribution in [0.5, 0.6) is 0 Å². The lowest BCUT2D eigenvalue weighted by molar-refractivity contribution is 0.911. The highest BCUT2D eigenvalue weighted by Crippen LogP contribution is 2.32. The Kier molecular flexibility index (Phi) is 4.08. The van der Waals surface area contributed by atoms with E-state index >= 15 is 0 Å². The normalized spacial score (nSPS) is 13.5. The van der Waals surface area contributed by atoms with E-state index in [4.69, 9.17) is 5.73 Å². The Bertz CT molecular complexity index is 622. The lowest BCUT2D eigenvalue weighted by Crippen LogP contribution is -2.03. The van der Waals surface area contributed by atoms with Crippen LogP contribution in [0.3, 0.4) is 0 Å². The molecular formula is C17H20N2S. The zero-order valence-corrected chi connectivity index (χ0v) is 12.7. The lowest BCUT2D eigenvalue weighted by atomic mass is 10.1. The summed E-state index contributed by atoms with van der Waals surface area (Å²) in [5, 5.41) is 1.10. The molecule has 104 valence electrons. The first-order valence-electron chi connectivity index (χ1n) is 7.21. The molecule has 0 saturated heterocycles. The van der Waals surface area contributed by atoms with Gasteiger partial charge in [0.05, 0.1) is 0 Å². The molecule has 0 amide bonds. The van der Waals surface area contributed by atoms with Crippen LogP contribution in [-0.4, -0.2) is 11.5 Å². The second-order valence-corrected chi connectivity index (χ2v) is 6.45. The standard InChI is InChI=1S/C17H20N2S/c1-12-9-13(7-8-18)11-19-17(12)20-16-6-5-14-3-2-4-15(14)10-16/h5-6,9-11H,2-4,7-8,18H2,1H3. The average Bonchev–Trinajstić information content (AvgIpc) is 2.90. The number of benzene rings is 1. The van der Waals surface area contributed by atoms with E-state index in [1.54, 1.807) is 11.8 Å². The molecule has 0 radical (unpaired) electrons. The van der Waals surface area contributed by atoms with Gasteiger partial charge in [-0.15, -0.1) is 0 Å². The topological polar surface area (TPSA) is 38.9 Å². The van der Waals surface area contributed by atoms with Gasteiger partial charge in [0.2, 0.25) is 0 Å². The summed E-state index contributed by atoms with van der Waals surface area (Å²) >= 11 is 1.76. The van der Waals surface area contributed by atoms with Crippen molar-refractivity contribution < 1.29 is 0 Å². The highest BCUT2D eigenvalue weighted by molar-refractivity contribution is 7.99. The molecule has 1 aliphatic rings. The third-order valence-corrected chi connectivity index (χ3v) is 4.91. The Labute approximate surface area is 124 Å². The van der Waals surface area contributed by atoms with E-state index in [-0.39, 0.29) is 0 Å². The van der Waals surface area contributed by atoms with Gasteiger partial charge in [0.25, 0.3) is 0 Å². The van der Waals surface area contributed by atoms with Gasteiger partial charge >= 0.3 is 0 Å². The van der Waals surface area contributed by atoms with Gasteiger partial charge < -0.3 is 5.73 Å². The average molecular weight is 284 g/mol. The van der Waals surface area contributed by atoms with Crippen molar-refractivity contribution in [3.63, 3.8) is 0 Å². The minimum Gasteiger partial charge on any atom is -0.330 e. The largest absolute Gasteiger partial charge is 0.330 e. The summed E-state index contributed by atoms with van der Waals surface area (Å²) in [6, 6.07) is 9.05. The molecule has 0 aliphatic heterocycles. The van der Waals surface area contributed by atoms with Crippen LogP contribution in [-0.2, 0) is 19.3 Å². The van der Waals surface area contributed by atoms with E-state index in [0.29, 0.717) is 6.54 Å². The number of aryl methyl sites for hydroxylation is 3. The molecule has 1 aromatic heterocycles. The maximum Gasteiger partial charge on any atom is 0.104 e. The molecule has 2 N–H and O–H groups in total. The van der Waals surface area contributed by atoms with Gasteiger partial charge in [-0.25, -0.2) is 4.98 Å². The van der Waals surface area contributed by atoms with Gasteiger partial charge in [-0.2, -0.15) is 0 Å². The Morgan fingerprint density at radius 2 is 2.05 bits per heavy atom. The number of pyridine rings is 1. The molecule has 0 fully saturated rings. The fourth-order valence-electron chi connectivity index (χ4n) is 2.75. The predicted molar refractivity (Wildman–Crippen MR) is 84.3 cm³/mol. The second kappa shape index (κ2) is 5.98. The molecule has 0 atom stereocenters. The van der Waals surface area contributed by atoms with Gasteiger partial charge in [-0.3, -0.25) is 0 Å². The van der Waals surface area contributed by atoms with Crippen molar-refractivity contribution in [2.75, 3.05) is 6.54 Å². The minimum atomic E-state index is 0.679. The lowest BCUT2D eigenvalue weighted by Gasteiger charge is -2.08. The SMILES string of the molecule is Cc1cc(CCN)cnc1Sc1ccc2c(c1)CCC2. The molecule has 20 heavy (non-hydrogen) atoms. The Balaban J connectivity index is 1.80. The summed E-state index contributed by atoms with van der Waals surface area (Å²) in [6.45, 7) is 2.81. The first-order valence-corrected chi connectivity index (χ1v) is 8.03. The summed E-state index contributed by atoms with van der Waals surface area (Å²) in [4.78, 5) is 5.89. The van der Waals surface area contributed by atoms with E-state index in [2.05, 4.69) is 36.2 Å². The van der Waals surface area contributed by atoms with Crippen LogP contribution in [0, 0.1) is 6.92 Å². The molecule has 2 aromatic rings. The summed E-state index contributed by atoms with van der Waals surface area (Å²) in [7, 11) is 0. The first kappa shape index (κ1) is 13.7. The summed E-state index contributed by atoms with van der Waals surface area (Å²) in [6.07, 6.45) is 6.62. The zero-order valence-electron chi connectivity index (χ0n) is 11.9. The number of hydrogen-bond acceptors (Lipinski definition) is 3. The number of hydrogen-bond donors (Lipinski definition) is 1. The summed E-state index contributed by atoms with van der Waals surface area (Å²) in [5.41, 5.74) is 11.1. The summed E-state index contributed by atoms with van der Waals surface area (Å²) < 4.78 is 0. The van der Waals surface area contributed by atoms with Crippen LogP contribution in [0.1, 0.15) is 28.7 Å². The zero-order chi connectivity index (χ0) is 13.9. The molecule has 1 aliphatic carbocycles. The number of nitrogens with zero attached hydrogens (tertiary/aromatic N) is 1. The van der Waals surface area contributed by atoms with Crippen molar-refractivity contribution in [2.45, 2.75) is 42.5 Å². The Morgan fingerprint density at radius 3 is 2.85 bits per heavy atom. The Hall–Kier alpha value is -1.32. The molecule has 1 heterocycles. The van der Waals surface area contributed by atoms with E-state index < -0.39 is 0 Å². The highest BCUT2D eigenvalue weighted by atomic mass is 32.2. The quantitative estimate of drug-likeness (QED) is 0.933. The van der Waals surface area contributed by atoms with Gasteiger partial charge in [0.1, 0.15) is 5.03 Å². The van der Waals surface area contributed by atoms with E-state index in [1.165, 1.54) is 46.4 Å².